The lowest BCUT2D eigenvalue weighted by molar-refractivity contribution is 0.800. The maximum Gasteiger partial charge on any atom is 0.267 e. The minimum Gasteiger partial charge on any atom is -0.268 e. The minimum atomic E-state index is -0.110. The Labute approximate surface area is 195 Å². The third kappa shape index (κ3) is 5.17. The van der Waals surface area contributed by atoms with E-state index in [-0.39, 0.29) is 11.5 Å². The molecular weight excluding hydrogens is 406 g/mol. The fourth-order valence-electron chi connectivity index (χ4n) is 4.10. The summed E-state index contributed by atoms with van der Waals surface area (Å²) in [6.45, 7) is 8.27. The Kier molecular flexibility index (Phi) is 6.64. The molecule has 0 atom stereocenters. The number of rotatable bonds is 6. The van der Waals surface area contributed by atoms with Crippen molar-refractivity contribution in [3.05, 3.63) is 128 Å². The normalized spacial score (nSPS) is 10.9. The number of aromatic amines is 1. The Hall–Kier alpha value is -3.79. The van der Waals surface area contributed by atoms with Crippen LogP contribution in [0.5, 0.6) is 0 Å². The molecule has 0 amide bonds. The standard InChI is InChI=1S/C29H29N3O/c1-19(2)26-17-25(31-32-29(26)33)18-27-20(3)15-24(16-21(27)4)30-28(22-11-7-5-8-12-22)23-13-9-6-10-14-23/h5-17,19H,18H2,1-4H3,(H,32,33). The van der Waals surface area contributed by atoms with Gasteiger partial charge in [0.05, 0.1) is 17.1 Å². The van der Waals surface area contributed by atoms with Crippen molar-refractivity contribution in [2.75, 3.05) is 0 Å². The Bertz CT molecular complexity index is 1270. The second-order valence-corrected chi connectivity index (χ2v) is 8.73. The van der Waals surface area contributed by atoms with Crippen molar-refractivity contribution in [1.82, 2.24) is 10.2 Å². The summed E-state index contributed by atoms with van der Waals surface area (Å²) in [5.74, 6) is 0.156. The van der Waals surface area contributed by atoms with Gasteiger partial charge in [-0.05, 0) is 54.7 Å². The van der Waals surface area contributed by atoms with Crippen molar-refractivity contribution in [3.63, 3.8) is 0 Å². The zero-order chi connectivity index (χ0) is 23.4. The zero-order valence-corrected chi connectivity index (χ0v) is 19.6. The molecule has 1 N–H and O–H groups in total. The average molecular weight is 436 g/mol. The van der Waals surface area contributed by atoms with Crippen LogP contribution >= 0.6 is 0 Å². The molecule has 0 bridgehead atoms. The van der Waals surface area contributed by atoms with Crippen LogP contribution in [0, 0.1) is 13.8 Å². The first-order valence-electron chi connectivity index (χ1n) is 11.3. The van der Waals surface area contributed by atoms with E-state index < -0.39 is 0 Å². The fourth-order valence-corrected chi connectivity index (χ4v) is 4.10. The molecule has 0 fully saturated rings. The van der Waals surface area contributed by atoms with E-state index in [0.717, 1.165) is 44.9 Å². The van der Waals surface area contributed by atoms with E-state index in [2.05, 4.69) is 60.4 Å². The fraction of sp³-hybridized carbons (Fsp3) is 0.207. The first-order valence-corrected chi connectivity index (χ1v) is 11.3. The number of aliphatic imine (C=N–C) groups is 1. The van der Waals surface area contributed by atoms with Gasteiger partial charge in [0.15, 0.2) is 0 Å². The summed E-state index contributed by atoms with van der Waals surface area (Å²) in [6.07, 6.45) is 0.669. The van der Waals surface area contributed by atoms with Gasteiger partial charge in [0.25, 0.3) is 5.56 Å². The van der Waals surface area contributed by atoms with Crippen molar-refractivity contribution < 1.29 is 0 Å². The van der Waals surface area contributed by atoms with Crippen molar-refractivity contribution in [1.29, 1.82) is 0 Å². The molecule has 3 aromatic carbocycles. The molecule has 4 nitrogen and oxygen atoms in total. The molecule has 1 aromatic heterocycles. The maximum atomic E-state index is 12.0. The number of aryl methyl sites for hydroxylation is 2. The molecule has 4 heteroatoms. The number of hydrogen-bond acceptors (Lipinski definition) is 3. The predicted molar refractivity (Wildman–Crippen MR) is 136 cm³/mol. The summed E-state index contributed by atoms with van der Waals surface area (Å²) in [7, 11) is 0. The molecule has 0 saturated heterocycles. The molecule has 0 aliphatic carbocycles. The summed E-state index contributed by atoms with van der Waals surface area (Å²) < 4.78 is 0. The molecule has 4 rings (SSSR count). The molecule has 0 aliphatic heterocycles. The van der Waals surface area contributed by atoms with Gasteiger partial charge in [0.2, 0.25) is 0 Å². The molecule has 0 unspecified atom stereocenters. The van der Waals surface area contributed by atoms with Crippen LogP contribution < -0.4 is 5.56 Å². The summed E-state index contributed by atoms with van der Waals surface area (Å²) in [4.78, 5) is 17.1. The van der Waals surface area contributed by atoms with Crippen LogP contribution in [-0.4, -0.2) is 15.9 Å². The van der Waals surface area contributed by atoms with E-state index in [1.54, 1.807) is 0 Å². The summed E-state index contributed by atoms with van der Waals surface area (Å²) in [5.41, 5.74) is 9.11. The van der Waals surface area contributed by atoms with E-state index in [0.29, 0.717) is 6.42 Å². The largest absolute Gasteiger partial charge is 0.268 e. The van der Waals surface area contributed by atoms with Gasteiger partial charge in [0, 0.05) is 23.1 Å². The van der Waals surface area contributed by atoms with Crippen molar-refractivity contribution in [2.45, 2.75) is 40.0 Å². The smallest absolute Gasteiger partial charge is 0.267 e. The van der Waals surface area contributed by atoms with Crippen LogP contribution in [0.15, 0.2) is 88.6 Å². The van der Waals surface area contributed by atoms with Gasteiger partial charge < -0.3 is 0 Å². The van der Waals surface area contributed by atoms with Crippen LogP contribution in [0.4, 0.5) is 5.69 Å². The number of aromatic nitrogens is 2. The third-order valence-corrected chi connectivity index (χ3v) is 5.88. The van der Waals surface area contributed by atoms with Gasteiger partial charge in [-0.1, -0.05) is 74.5 Å². The van der Waals surface area contributed by atoms with Crippen LogP contribution in [0.3, 0.4) is 0 Å². The highest BCUT2D eigenvalue weighted by molar-refractivity contribution is 6.13. The molecule has 0 saturated carbocycles. The predicted octanol–water partition coefficient (Wildman–Crippen LogP) is 6.27. The summed E-state index contributed by atoms with van der Waals surface area (Å²) in [5, 5.41) is 6.94. The lowest BCUT2D eigenvalue weighted by Gasteiger charge is -2.13. The van der Waals surface area contributed by atoms with Gasteiger partial charge in [0.1, 0.15) is 0 Å². The molecule has 166 valence electrons. The first kappa shape index (κ1) is 22.4. The molecule has 33 heavy (non-hydrogen) atoms. The lowest BCUT2D eigenvalue weighted by Crippen LogP contribution is -2.17. The van der Waals surface area contributed by atoms with E-state index in [1.807, 2.05) is 56.3 Å². The minimum absolute atomic E-state index is 0.110. The second kappa shape index (κ2) is 9.78. The van der Waals surface area contributed by atoms with Gasteiger partial charge >= 0.3 is 0 Å². The van der Waals surface area contributed by atoms with Crippen LogP contribution in [0.25, 0.3) is 0 Å². The molecule has 0 aliphatic rings. The molecule has 1 heterocycles. The highest BCUT2D eigenvalue weighted by Crippen LogP contribution is 2.26. The van der Waals surface area contributed by atoms with Crippen molar-refractivity contribution in [3.8, 4) is 0 Å². The highest BCUT2D eigenvalue weighted by Gasteiger charge is 2.12. The van der Waals surface area contributed by atoms with Crippen LogP contribution in [0.2, 0.25) is 0 Å². The monoisotopic (exact) mass is 435 g/mol. The first-order chi connectivity index (χ1) is 15.9. The maximum absolute atomic E-state index is 12.0. The second-order valence-electron chi connectivity index (χ2n) is 8.73. The van der Waals surface area contributed by atoms with Gasteiger partial charge in [-0.25, -0.2) is 10.1 Å². The number of nitrogens with one attached hydrogen (secondary N) is 1. The van der Waals surface area contributed by atoms with Crippen molar-refractivity contribution in [2.24, 2.45) is 4.99 Å². The van der Waals surface area contributed by atoms with E-state index in [9.17, 15) is 4.79 Å². The van der Waals surface area contributed by atoms with Gasteiger partial charge in [-0.2, -0.15) is 5.10 Å². The Morgan fingerprint density at radius 1 is 0.879 bits per heavy atom. The summed E-state index contributed by atoms with van der Waals surface area (Å²) in [6, 6.07) is 26.7. The molecule has 4 aromatic rings. The van der Waals surface area contributed by atoms with E-state index in [1.165, 1.54) is 5.56 Å². The highest BCUT2D eigenvalue weighted by atomic mass is 16.1. The molecular formula is C29H29N3O. The third-order valence-electron chi connectivity index (χ3n) is 5.88. The van der Waals surface area contributed by atoms with Crippen LogP contribution in [-0.2, 0) is 6.42 Å². The topological polar surface area (TPSA) is 58.1 Å². The Balaban J connectivity index is 1.72. The quantitative estimate of drug-likeness (QED) is 0.363. The number of nitrogens with zero attached hydrogens (tertiary/aromatic N) is 2. The molecule has 0 spiro atoms. The number of benzene rings is 3. The zero-order valence-electron chi connectivity index (χ0n) is 19.6. The summed E-state index contributed by atoms with van der Waals surface area (Å²) >= 11 is 0. The number of hydrogen-bond donors (Lipinski definition) is 1. The lowest BCUT2D eigenvalue weighted by atomic mass is 9.96. The van der Waals surface area contributed by atoms with Crippen molar-refractivity contribution >= 4 is 11.4 Å². The van der Waals surface area contributed by atoms with E-state index in [4.69, 9.17) is 4.99 Å². The van der Waals surface area contributed by atoms with Crippen LogP contribution in [0.1, 0.15) is 58.8 Å². The van der Waals surface area contributed by atoms with Gasteiger partial charge in [-0.3, -0.25) is 4.79 Å². The SMILES string of the molecule is Cc1cc(N=C(c2ccccc2)c2ccccc2)cc(C)c1Cc1cc(C(C)C)c(=O)[nH]n1. The average Bonchev–Trinajstić information content (AvgIpc) is 2.82. The Morgan fingerprint density at radius 3 is 1.94 bits per heavy atom. The number of H-pyrrole nitrogens is 1. The van der Waals surface area contributed by atoms with E-state index >= 15 is 0 Å². The van der Waals surface area contributed by atoms with Gasteiger partial charge in [-0.15, -0.1) is 0 Å². The Morgan fingerprint density at radius 2 is 1.42 bits per heavy atom. The molecule has 0 radical (unpaired) electrons.